The predicted octanol–water partition coefficient (Wildman–Crippen LogP) is 2.80. The number of carbonyl (C=O) groups excluding carboxylic acids is 1. The molecule has 4 rings (SSSR count). The molecule has 1 amide bonds. The van der Waals surface area contributed by atoms with Crippen molar-refractivity contribution in [1.29, 1.82) is 0 Å². The van der Waals surface area contributed by atoms with Gasteiger partial charge in [-0.3, -0.25) is 4.79 Å². The van der Waals surface area contributed by atoms with E-state index in [9.17, 15) is 4.79 Å². The number of nitrogens with one attached hydrogen (secondary N) is 2. The van der Waals surface area contributed by atoms with Gasteiger partial charge < -0.3 is 20.4 Å². The minimum Gasteiger partial charge on any atom is -0.366 e. The van der Waals surface area contributed by atoms with Crippen LogP contribution in [0.25, 0.3) is 0 Å². The van der Waals surface area contributed by atoms with Gasteiger partial charge in [0.25, 0.3) is 0 Å². The lowest BCUT2D eigenvalue weighted by Gasteiger charge is -2.36. The summed E-state index contributed by atoms with van der Waals surface area (Å²) in [6.45, 7) is 4.32. The number of rotatable bonds is 5. The smallest absolute Gasteiger partial charge is 0.239 e. The van der Waals surface area contributed by atoms with E-state index in [-0.39, 0.29) is 11.9 Å². The second kappa shape index (κ2) is 9.15. The van der Waals surface area contributed by atoms with Gasteiger partial charge in [-0.05, 0) is 43.1 Å². The number of amides is 1. The lowest BCUT2D eigenvalue weighted by atomic mass is 10.2. The Morgan fingerprint density at radius 3 is 2.76 bits per heavy atom. The maximum absolute atomic E-state index is 12.6. The third kappa shape index (κ3) is 4.91. The molecule has 2 aromatic rings. The number of nitrogens with zero attached hydrogens (tertiary/aromatic N) is 4. The van der Waals surface area contributed by atoms with Crippen molar-refractivity contribution in [3.63, 3.8) is 0 Å². The zero-order valence-electron chi connectivity index (χ0n) is 16.1. The highest BCUT2D eigenvalue weighted by Crippen LogP contribution is 2.22. The summed E-state index contributed by atoms with van der Waals surface area (Å²) in [5, 5.41) is 7.81. The van der Waals surface area contributed by atoms with E-state index in [2.05, 4.69) is 25.5 Å². The number of halogens is 2. The van der Waals surface area contributed by atoms with E-state index >= 15 is 0 Å². The van der Waals surface area contributed by atoms with Crippen molar-refractivity contribution in [3.05, 3.63) is 46.1 Å². The van der Waals surface area contributed by atoms with Gasteiger partial charge in [-0.1, -0.05) is 29.3 Å². The average Bonchev–Trinajstić information content (AvgIpc) is 3.28. The lowest BCUT2D eigenvalue weighted by Crippen LogP contribution is -2.53. The number of hydrogen-bond donors (Lipinski definition) is 2. The normalized spacial score (nSPS) is 19.4. The molecular formula is C20H24Cl2N6O. The Hall–Kier alpha value is -2.09. The van der Waals surface area contributed by atoms with Crippen LogP contribution < -0.4 is 15.5 Å². The van der Waals surface area contributed by atoms with Crippen molar-refractivity contribution in [3.8, 4) is 0 Å². The van der Waals surface area contributed by atoms with Crippen LogP contribution in [0.1, 0.15) is 18.4 Å². The zero-order chi connectivity index (χ0) is 20.2. The summed E-state index contributed by atoms with van der Waals surface area (Å²) >= 11 is 12.2. The van der Waals surface area contributed by atoms with Crippen molar-refractivity contribution < 1.29 is 4.79 Å². The van der Waals surface area contributed by atoms with Gasteiger partial charge in [-0.15, -0.1) is 0 Å². The maximum Gasteiger partial charge on any atom is 0.239 e. The van der Waals surface area contributed by atoms with Crippen LogP contribution in [-0.2, 0) is 11.3 Å². The van der Waals surface area contributed by atoms with Gasteiger partial charge in [0, 0.05) is 49.0 Å². The maximum atomic E-state index is 12.6. The fraction of sp³-hybridized carbons (Fsp3) is 0.450. The van der Waals surface area contributed by atoms with Gasteiger partial charge in [-0.2, -0.15) is 4.98 Å². The van der Waals surface area contributed by atoms with Crippen molar-refractivity contribution in [2.75, 3.05) is 42.9 Å². The molecule has 3 heterocycles. The van der Waals surface area contributed by atoms with Gasteiger partial charge >= 0.3 is 0 Å². The molecule has 29 heavy (non-hydrogen) atoms. The Morgan fingerprint density at radius 2 is 2.03 bits per heavy atom. The summed E-state index contributed by atoms with van der Waals surface area (Å²) in [5.74, 6) is 1.62. The number of anilines is 2. The van der Waals surface area contributed by atoms with E-state index in [0.29, 0.717) is 35.6 Å². The molecule has 7 nitrogen and oxygen atoms in total. The van der Waals surface area contributed by atoms with Gasteiger partial charge in [0.15, 0.2) is 0 Å². The van der Waals surface area contributed by atoms with E-state index in [1.807, 2.05) is 23.1 Å². The number of carbonyl (C=O) groups is 1. The van der Waals surface area contributed by atoms with Gasteiger partial charge in [0.05, 0.1) is 6.04 Å². The van der Waals surface area contributed by atoms with Gasteiger partial charge in [-0.25, -0.2) is 4.98 Å². The number of aromatic nitrogens is 2. The first kappa shape index (κ1) is 20.2. The zero-order valence-corrected chi connectivity index (χ0v) is 17.6. The summed E-state index contributed by atoms with van der Waals surface area (Å²) in [6, 6.07) is 7.27. The number of piperazine rings is 1. The first-order valence-corrected chi connectivity index (χ1v) is 10.6. The summed E-state index contributed by atoms with van der Waals surface area (Å²) in [7, 11) is 0. The monoisotopic (exact) mass is 434 g/mol. The predicted molar refractivity (Wildman–Crippen MR) is 116 cm³/mol. The van der Waals surface area contributed by atoms with Crippen LogP contribution in [0.5, 0.6) is 0 Å². The fourth-order valence-corrected chi connectivity index (χ4v) is 4.17. The molecule has 0 saturated carbocycles. The Bertz CT molecular complexity index is 866. The van der Waals surface area contributed by atoms with E-state index in [1.165, 1.54) is 0 Å². The van der Waals surface area contributed by atoms with E-state index in [0.717, 1.165) is 43.9 Å². The van der Waals surface area contributed by atoms with Crippen LogP contribution in [0.3, 0.4) is 0 Å². The summed E-state index contributed by atoms with van der Waals surface area (Å²) in [5.41, 5.74) is 0.948. The Balaban J connectivity index is 1.33. The molecule has 1 atom stereocenters. The molecule has 0 spiro atoms. The van der Waals surface area contributed by atoms with Crippen molar-refractivity contribution in [2.45, 2.75) is 25.4 Å². The number of hydrogen-bond acceptors (Lipinski definition) is 6. The highest BCUT2D eigenvalue weighted by atomic mass is 35.5. The van der Waals surface area contributed by atoms with Crippen molar-refractivity contribution >= 4 is 40.9 Å². The molecule has 2 fully saturated rings. The molecule has 2 N–H and O–H groups in total. The second-order valence-electron chi connectivity index (χ2n) is 7.29. The van der Waals surface area contributed by atoms with Crippen LogP contribution in [0.4, 0.5) is 11.8 Å². The molecule has 0 unspecified atom stereocenters. The van der Waals surface area contributed by atoms with Crippen molar-refractivity contribution in [2.24, 2.45) is 0 Å². The molecule has 2 aliphatic heterocycles. The van der Waals surface area contributed by atoms with E-state index in [4.69, 9.17) is 23.2 Å². The Morgan fingerprint density at radius 1 is 1.21 bits per heavy atom. The highest BCUT2D eigenvalue weighted by molar-refractivity contribution is 6.35. The van der Waals surface area contributed by atoms with Crippen LogP contribution in [0.15, 0.2) is 30.5 Å². The van der Waals surface area contributed by atoms with E-state index < -0.39 is 0 Å². The van der Waals surface area contributed by atoms with Crippen LogP contribution >= 0.6 is 23.2 Å². The molecule has 2 aliphatic rings. The standard InChI is InChI=1S/C20H24Cl2N6O/c21-15-4-3-14(16(22)12-15)13-25-18-5-7-24-20(26-18)28-10-8-27(9-11-28)19(29)17-2-1-6-23-17/h3-5,7,12,17,23H,1-2,6,8-11,13H2,(H,24,25,26)/t17-/m1/s1. The fourth-order valence-electron chi connectivity index (χ4n) is 3.69. The number of benzene rings is 1. The Labute approximate surface area is 180 Å². The average molecular weight is 435 g/mol. The topological polar surface area (TPSA) is 73.4 Å². The first-order valence-electron chi connectivity index (χ1n) is 9.88. The third-order valence-electron chi connectivity index (χ3n) is 5.35. The molecule has 0 aliphatic carbocycles. The van der Waals surface area contributed by atoms with Crippen LogP contribution in [0.2, 0.25) is 10.0 Å². The lowest BCUT2D eigenvalue weighted by molar-refractivity contribution is -0.133. The minimum atomic E-state index is -0.00924. The molecule has 2 saturated heterocycles. The molecule has 0 bridgehead atoms. The summed E-state index contributed by atoms with van der Waals surface area (Å²) < 4.78 is 0. The van der Waals surface area contributed by atoms with Crippen molar-refractivity contribution in [1.82, 2.24) is 20.2 Å². The second-order valence-corrected chi connectivity index (χ2v) is 8.14. The Kier molecular flexibility index (Phi) is 6.37. The minimum absolute atomic E-state index is 0.00924. The first-order chi connectivity index (χ1) is 14.1. The SMILES string of the molecule is O=C([C@H]1CCCN1)N1CCN(c2nccc(NCc3ccc(Cl)cc3Cl)n2)CC1. The highest BCUT2D eigenvalue weighted by Gasteiger charge is 2.29. The van der Waals surface area contributed by atoms with Crippen LogP contribution in [0, 0.1) is 0 Å². The molecule has 1 aromatic carbocycles. The summed E-state index contributed by atoms with van der Waals surface area (Å²) in [6.07, 6.45) is 3.76. The quantitative estimate of drug-likeness (QED) is 0.753. The van der Waals surface area contributed by atoms with Gasteiger partial charge in [0.1, 0.15) is 5.82 Å². The third-order valence-corrected chi connectivity index (χ3v) is 5.94. The largest absolute Gasteiger partial charge is 0.366 e. The summed E-state index contributed by atoms with van der Waals surface area (Å²) in [4.78, 5) is 25.7. The molecular weight excluding hydrogens is 411 g/mol. The molecule has 9 heteroatoms. The molecule has 154 valence electrons. The van der Waals surface area contributed by atoms with E-state index in [1.54, 1.807) is 12.3 Å². The molecule has 0 radical (unpaired) electrons. The van der Waals surface area contributed by atoms with Gasteiger partial charge in [0.2, 0.25) is 11.9 Å². The molecule has 1 aromatic heterocycles. The van der Waals surface area contributed by atoms with Crippen LogP contribution in [-0.4, -0.2) is 59.5 Å².